The lowest BCUT2D eigenvalue weighted by Crippen LogP contribution is -2.08. The molecular weight excluding hydrogens is 310 g/mol. The molecule has 2 heterocycles. The fourth-order valence-corrected chi connectivity index (χ4v) is 3.02. The van der Waals surface area contributed by atoms with E-state index in [1.807, 2.05) is 6.07 Å². The Labute approximate surface area is 131 Å². The third-order valence-electron chi connectivity index (χ3n) is 3.86. The first-order valence-corrected chi connectivity index (χ1v) is 7.32. The quantitative estimate of drug-likeness (QED) is 0.812. The van der Waals surface area contributed by atoms with Crippen molar-refractivity contribution in [3.8, 4) is 17.2 Å². The Morgan fingerprint density at radius 1 is 1.32 bits per heavy atom. The second-order valence-electron chi connectivity index (χ2n) is 5.47. The van der Waals surface area contributed by atoms with Crippen LogP contribution in [-0.2, 0) is 6.54 Å². The minimum atomic E-state index is -1.36. The van der Waals surface area contributed by atoms with Crippen LogP contribution in [0.5, 0.6) is 0 Å². The van der Waals surface area contributed by atoms with Gasteiger partial charge in [0, 0.05) is 23.9 Å². The summed E-state index contributed by atoms with van der Waals surface area (Å²) in [4.78, 5) is 3.97. The third-order valence-corrected chi connectivity index (χ3v) is 4.15. The van der Waals surface area contributed by atoms with Gasteiger partial charge in [-0.05, 0) is 30.9 Å². The summed E-state index contributed by atoms with van der Waals surface area (Å²) in [5.41, 5.74) is 1.67. The van der Waals surface area contributed by atoms with E-state index in [0.717, 1.165) is 5.56 Å². The van der Waals surface area contributed by atoms with E-state index in [2.05, 4.69) is 10.1 Å². The Morgan fingerprint density at radius 3 is 2.68 bits per heavy atom. The zero-order valence-corrected chi connectivity index (χ0v) is 12.3. The van der Waals surface area contributed by atoms with E-state index in [-0.39, 0.29) is 29.6 Å². The highest BCUT2D eigenvalue weighted by Crippen LogP contribution is 2.32. The van der Waals surface area contributed by atoms with Gasteiger partial charge in [-0.25, -0.2) is 13.8 Å². The van der Waals surface area contributed by atoms with Crippen molar-refractivity contribution in [3.05, 3.63) is 35.4 Å². The normalized spacial score (nSPS) is 21.9. The molecule has 2 aromatic rings. The first-order chi connectivity index (χ1) is 10.6. The van der Waals surface area contributed by atoms with Gasteiger partial charge >= 0.3 is 0 Å². The summed E-state index contributed by atoms with van der Waals surface area (Å²) in [5, 5.41) is 13.2. The van der Waals surface area contributed by atoms with Crippen LogP contribution >= 0.6 is 11.6 Å². The van der Waals surface area contributed by atoms with Crippen LogP contribution in [0.1, 0.15) is 18.5 Å². The lowest BCUT2D eigenvalue weighted by atomic mass is 10.1. The van der Waals surface area contributed by atoms with E-state index in [9.17, 15) is 8.78 Å². The topological polar surface area (TPSA) is 54.5 Å². The smallest absolute Gasteiger partial charge is 0.142 e. The van der Waals surface area contributed by atoms with E-state index < -0.39 is 12.3 Å². The summed E-state index contributed by atoms with van der Waals surface area (Å²) in [6.07, 6.45) is 1.14. The Balaban J connectivity index is 1.76. The van der Waals surface area contributed by atoms with Gasteiger partial charge in [-0.15, -0.1) is 0 Å². The maximum atomic E-state index is 13.2. The van der Waals surface area contributed by atoms with Gasteiger partial charge in [0.25, 0.3) is 0 Å². The number of nitrogens with zero attached hydrogens (tertiary/aromatic N) is 4. The monoisotopic (exact) mass is 322 g/mol. The maximum absolute atomic E-state index is 13.2. The molecule has 0 aromatic carbocycles. The highest BCUT2D eigenvalue weighted by molar-refractivity contribution is 6.32. The Hall–Kier alpha value is -2.00. The molecule has 1 aliphatic rings. The minimum Gasteiger partial charge on any atom is -0.272 e. The van der Waals surface area contributed by atoms with Crippen LogP contribution in [0, 0.1) is 17.2 Å². The van der Waals surface area contributed by atoms with Crippen molar-refractivity contribution in [1.29, 1.82) is 5.26 Å². The Kier molecular flexibility index (Phi) is 4.08. The molecule has 0 amide bonds. The fraction of sp³-hybridized carbons (Fsp3) is 0.400. The number of hydrogen-bond donors (Lipinski definition) is 0. The average Bonchev–Trinajstić information content (AvgIpc) is 3.06. The summed E-state index contributed by atoms with van der Waals surface area (Å²) < 4.78 is 28.1. The van der Waals surface area contributed by atoms with Crippen molar-refractivity contribution in [2.45, 2.75) is 31.7 Å². The first kappa shape index (κ1) is 14.9. The molecule has 22 heavy (non-hydrogen) atoms. The highest BCUT2D eigenvalue weighted by atomic mass is 35.5. The maximum Gasteiger partial charge on any atom is 0.142 e. The Bertz CT molecular complexity index is 715. The van der Waals surface area contributed by atoms with E-state index in [4.69, 9.17) is 16.9 Å². The van der Waals surface area contributed by atoms with Gasteiger partial charge in [0.1, 0.15) is 29.3 Å². The van der Waals surface area contributed by atoms with Gasteiger partial charge in [0.05, 0.1) is 6.20 Å². The van der Waals surface area contributed by atoms with Crippen LogP contribution in [0.15, 0.2) is 24.5 Å². The molecule has 0 spiro atoms. The number of aromatic nitrogens is 3. The number of hydrogen-bond acceptors (Lipinski definition) is 3. The number of halogens is 3. The van der Waals surface area contributed by atoms with E-state index in [0.29, 0.717) is 12.1 Å². The molecule has 1 fully saturated rings. The molecule has 0 radical (unpaired) electrons. The van der Waals surface area contributed by atoms with E-state index in [1.165, 1.54) is 0 Å². The lowest BCUT2D eigenvalue weighted by molar-refractivity contribution is 0.199. The molecule has 2 atom stereocenters. The predicted octanol–water partition coefficient (Wildman–Crippen LogP) is 3.56. The summed E-state index contributed by atoms with van der Waals surface area (Å²) in [6.45, 7) is 0.474. The molecule has 4 nitrogen and oxygen atoms in total. The van der Waals surface area contributed by atoms with Crippen molar-refractivity contribution in [1.82, 2.24) is 14.8 Å². The van der Waals surface area contributed by atoms with Crippen molar-refractivity contribution >= 4 is 11.6 Å². The SMILES string of the molecule is N#Cc1ccc(-c2cnn(CC3C[C@H](F)[C@@H](F)C3)c2)c(Cl)n1. The molecule has 1 saturated carbocycles. The molecular formula is C15H13ClF2N4. The van der Waals surface area contributed by atoms with E-state index in [1.54, 1.807) is 29.2 Å². The van der Waals surface area contributed by atoms with Gasteiger partial charge < -0.3 is 0 Å². The number of nitriles is 1. The minimum absolute atomic E-state index is 0.0488. The standard InChI is InChI=1S/C15H13ClF2N4/c16-15-12(2-1-11(5-19)21-15)10-6-20-22(8-10)7-9-3-13(17)14(18)4-9/h1-2,6,8-9,13-14H,3-4,7H2/t13-,14-/m0/s1. The fourth-order valence-electron chi connectivity index (χ4n) is 2.76. The van der Waals surface area contributed by atoms with Crippen LogP contribution in [0.3, 0.4) is 0 Å². The molecule has 7 heteroatoms. The summed E-state index contributed by atoms with van der Waals surface area (Å²) in [6, 6.07) is 5.21. The number of alkyl halides is 2. The highest BCUT2D eigenvalue weighted by Gasteiger charge is 2.34. The van der Waals surface area contributed by atoms with Gasteiger partial charge in [0.2, 0.25) is 0 Å². The van der Waals surface area contributed by atoms with Crippen molar-refractivity contribution < 1.29 is 8.78 Å². The largest absolute Gasteiger partial charge is 0.272 e. The first-order valence-electron chi connectivity index (χ1n) is 6.94. The lowest BCUT2D eigenvalue weighted by Gasteiger charge is -2.08. The number of rotatable bonds is 3. The second kappa shape index (κ2) is 6.01. The summed E-state index contributed by atoms with van der Waals surface area (Å²) in [7, 11) is 0. The summed E-state index contributed by atoms with van der Waals surface area (Å²) >= 11 is 6.06. The van der Waals surface area contributed by atoms with Gasteiger partial charge in [0.15, 0.2) is 0 Å². The van der Waals surface area contributed by atoms with Crippen LogP contribution < -0.4 is 0 Å². The van der Waals surface area contributed by atoms with Crippen LogP contribution in [0.4, 0.5) is 8.78 Å². The van der Waals surface area contributed by atoms with E-state index >= 15 is 0 Å². The van der Waals surface area contributed by atoms with Crippen molar-refractivity contribution in [3.63, 3.8) is 0 Å². The van der Waals surface area contributed by atoms with Crippen LogP contribution in [0.25, 0.3) is 11.1 Å². The average molecular weight is 323 g/mol. The Morgan fingerprint density at radius 2 is 2.05 bits per heavy atom. The second-order valence-corrected chi connectivity index (χ2v) is 5.83. The van der Waals surface area contributed by atoms with Gasteiger partial charge in [-0.3, -0.25) is 4.68 Å². The van der Waals surface area contributed by atoms with Crippen LogP contribution in [-0.4, -0.2) is 27.1 Å². The molecule has 0 aliphatic heterocycles. The molecule has 2 aromatic heterocycles. The van der Waals surface area contributed by atoms with Crippen molar-refractivity contribution in [2.24, 2.45) is 5.92 Å². The molecule has 0 unspecified atom stereocenters. The number of pyridine rings is 1. The van der Waals surface area contributed by atoms with Crippen molar-refractivity contribution in [2.75, 3.05) is 0 Å². The molecule has 3 rings (SSSR count). The van der Waals surface area contributed by atoms with Gasteiger partial charge in [-0.1, -0.05) is 11.6 Å². The molecule has 0 N–H and O–H groups in total. The molecule has 114 valence electrons. The third kappa shape index (κ3) is 2.95. The molecule has 1 aliphatic carbocycles. The molecule has 0 saturated heterocycles. The summed E-state index contributed by atoms with van der Waals surface area (Å²) in [5.74, 6) is -0.0488. The van der Waals surface area contributed by atoms with Crippen LogP contribution in [0.2, 0.25) is 5.15 Å². The van der Waals surface area contributed by atoms with Gasteiger partial charge in [-0.2, -0.15) is 10.4 Å². The zero-order chi connectivity index (χ0) is 15.7. The predicted molar refractivity (Wildman–Crippen MR) is 77.7 cm³/mol. The zero-order valence-electron chi connectivity index (χ0n) is 11.6. The molecule has 0 bridgehead atoms.